The predicted molar refractivity (Wildman–Crippen MR) is 78.0 cm³/mol. The molecule has 2 rings (SSSR count). The van der Waals surface area contributed by atoms with Gasteiger partial charge in [0.2, 0.25) is 0 Å². The summed E-state index contributed by atoms with van der Waals surface area (Å²) in [6, 6.07) is 6.40. The van der Waals surface area contributed by atoms with Gasteiger partial charge in [0.05, 0.1) is 6.54 Å². The van der Waals surface area contributed by atoms with Crippen LogP contribution in [0.5, 0.6) is 0 Å². The molecule has 110 valence electrons. The lowest BCUT2D eigenvalue weighted by atomic mass is 9.89. The van der Waals surface area contributed by atoms with Crippen LogP contribution in [0.15, 0.2) is 28.7 Å². The van der Waals surface area contributed by atoms with Crippen LogP contribution in [0.3, 0.4) is 0 Å². The second-order valence-electron chi connectivity index (χ2n) is 6.00. The van der Waals surface area contributed by atoms with Gasteiger partial charge in [0, 0.05) is 12.0 Å². The van der Waals surface area contributed by atoms with Crippen LogP contribution < -0.4 is 5.32 Å². The number of nitrogens with one attached hydrogen (secondary N) is 1. The van der Waals surface area contributed by atoms with E-state index in [0.29, 0.717) is 12.1 Å². The van der Waals surface area contributed by atoms with Gasteiger partial charge in [-0.1, -0.05) is 13.8 Å². The van der Waals surface area contributed by atoms with Crippen LogP contribution in [0.25, 0.3) is 11.0 Å². The number of rotatable bonds is 7. The number of hydrogen-bond donors (Lipinski definition) is 2. The maximum Gasteiger partial charge on any atom is 0.134 e. The van der Waals surface area contributed by atoms with E-state index in [2.05, 4.69) is 19.2 Å². The molecule has 0 unspecified atom stereocenters. The van der Waals surface area contributed by atoms with Crippen molar-refractivity contribution in [1.29, 1.82) is 0 Å². The molecule has 2 N–H and O–H groups in total. The van der Waals surface area contributed by atoms with Crippen molar-refractivity contribution >= 4 is 11.0 Å². The van der Waals surface area contributed by atoms with Crippen LogP contribution in [0.1, 0.15) is 32.4 Å². The zero-order chi connectivity index (χ0) is 14.6. The highest BCUT2D eigenvalue weighted by Gasteiger charge is 2.15. The van der Waals surface area contributed by atoms with E-state index in [1.165, 1.54) is 12.1 Å². The predicted octanol–water partition coefficient (Wildman–Crippen LogP) is 3.46. The Kier molecular flexibility index (Phi) is 4.78. The van der Waals surface area contributed by atoms with Crippen LogP contribution in [-0.4, -0.2) is 18.3 Å². The number of fused-ring (bicyclic) bond motifs is 1. The normalized spacial score (nSPS) is 12.2. The fourth-order valence-electron chi connectivity index (χ4n) is 2.14. The molecule has 1 aromatic carbocycles. The molecule has 0 aliphatic heterocycles. The zero-order valence-electron chi connectivity index (χ0n) is 12.1. The Morgan fingerprint density at radius 1 is 1.30 bits per heavy atom. The third-order valence-corrected chi connectivity index (χ3v) is 3.46. The lowest BCUT2D eigenvalue weighted by molar-refractivity contribution is 0.148. The number of aliphatic hydroxyl groups is 1. The minimum Gasteiger partial charge on any atom is -0.460 e. The zero-order valence-corrected chi connectivity index (χ0v) is 12.1. The van der Waals surface area contributed by atoms with Crippen LogP contribution in [0.4, 0.5) is 4.39 Å². The summed E-state index contributed by atoms with van der Waals surface area (Å²) in [7, 11) is 0. The maximum atomic E-state index is 13.1. The average molecular weight is 279 g/mol. The van der Waals surface area contributed by atoms with Gasteiger partial charge < -0.3 is 14.8 Å². The third-order valence-electron chi connectivity index (χ3n) is 3.46. The number of hydrogen-bond acceptors (Lipinski definition) is 3. The fraction of sp³-hybridized carbons (Fsp3) is 0.500. The summed E-state index contributed by atoms with van der Waals surface area (Å²) in [6.45, 7) is 5.83. The third kappa shape index (κ3) is 4.05. The molecule has 0 saturated heterocycles. The van der Waals surface area contributed by atoms with Gasteiger partial charge >= 0.3 is 0 Å². The van der Waals surface area contributed by atoms with Gasteiger partial charge in [0.15, 0.2) is 0 Å². The first-order chi connectivity index (χ1) is 9.50. The molecular weight excluding hydrogens is 257 g/mol. The first kappa shape index (κ1) is 15.0. The summed E-state index contributed by atoms with van der Waals surface area (Å²) in [4.78, 5) is 0. The molecule has 20 heavy (non-hydrogen) atoms. The van der Waals surface area contributed by atoms with Crippen molar-refractivity contribution in [2.24, 2.45) is 5.41 Å². The highest BCUT2D eigenvalue weighted by molar-refractivity contribution is 5.77. The Labute approximate surface area is 118 Å². The van der Waals surface area contributed by atoms with E-state index in [1.807, 2.05) is 6.07 Å². The molecular formula is C16H22FNO2. The van der Waals surface area contributed by atoms with E-state index in [9.17, 15) is 4.39 Å². The first-order valence-electron chi connectivity index (χ1n) is 7.00. The van der Waals surface area contributed by atoms with Crippen molar-refractivity contribution < 1.29 is 13.9 Å². The molecule has 2 aromatic rings. The standard InChI is InChI=1S/C16H22FNO2/c1-16(2,11-19)6-3-7-18-10-14-9-12-8-13(17)4-5-15(12)20-14/h4-5,8-9,18-19H,3,6-7,10-11H2,1-2H3. The summed E-state index contributed by atoms with van der Waals surface area (Å²) in [5.74, 6) is 0.566. The quantitative estimate of drug-likeness (QED) is 0.763. The monoisotopic (exact) mass is 279 g/mol. The molecule has 0 aliphatic rings. The van der Waals surface area contributed by atoms with Gasteiger partial charge in [-0.15, -0.1) is 0 Å². The Morgan fingerprint density at radius 2 is 2.10 bits per heavy atom. The maximum absolute atomic E-state index is 13.1. The van der Waals surface area contributed by atoms with Gasteiger partial charge in [-0.2, -0.15) is 0 Å². The van der Waals surface area contributed by atoms with Crippen LogP contribution in [0.2, 0.25) is 0 Å². The summed E-state index contributed by atoms with van der Waals surface area (Å²) in [5.41, 5.74) is 0.697. The highest BCUT2D eigenvalue weighted by atomic mass is 19.1. The highest BCUT2D eigenvalue weighted by Crippen LogP contribution is 2.21. The minimum atomic E-state index is -0.246. The molecule has 0 spiro atoms. The lowest BCUT2D eigenvalue weighted by Crippen LogP contribution is -2.20. The van der Waals surface area contributed by atoms with E-state index in [-0.39, 0.29) is 17.8 Å². The fourth-order valence-corrected chi connectivity index (χ4v) is 2.14. The molecule has 0 aliphatic carbocycles. The van der Waals surface area contributed by atoms with Gasteiger partial charge in [-0.05, 0) is 49.1 Å². The molecule has 0 saturated carbocycles. The molecule has 0 bridgehead atoms. The van der Waals surface area contributed by atoms with Crippen molar-refractivity contribution in [3.8, 4) is 0 Å². The molecule has 0 fully saturated rings. The molecule has 1 heterocycles. The largest absolute Gasteiger partial charge is 0.460 e. The molecule has 4 heteroatoms. The smallest absolute Gasteiger partial charge is 0.134 e. The van der Waals surface area contributed by atoms with Gasteiger partial charge in [0.1, 0.15) is 17.2 Å². The lowest BCUT2D eigenvalue weighted by Gasteiger charge is -2.21. The van der Waals surface area contributed by atoms with Crippen LogP contribution in [0, 0.1) is 11.2 Å². The average Bonchev–Trinajstić information content (AvgIpc) is 2.80. The van der Waals surface area contributed by atoms with Crippen LogP contribution in [-0.2, 0) is 6.54 Å². The molecule has 0 radical (unpaired) electrons. The second kappa shape index (κ2) is 6.37. The van der Waals surface area contributed by atoms with Crippen LogP contribution >= 0.6 is 0 Å². The van der Waals surface area contributed by atoms with Gasteiger partial charge in [-0.25, -0.2) is 4.39 Å². The van der Waals surface area contributed by atoms with Crippen molar-refractivity contribution in [1.82, 2.24) is 5.32 Å². The summed E-state index contributed by atoms with van der Waals surface area (Å²) < 4.78 is 18.7. The summed E-state index contributed by atoms with van der Waals surface area (Å²) in [5, 5.41) is 13.3. The van der Waals surface area contributed by atoms with Crippen molar-refractivity contribution in [2.45, 2.75) is 33.2 Å². The number of benzene rings is 1. The minimum absolute atomic E-state index is 0.0153. The molecule has 1 aromatic heterocycles. The molecule has 0 amide bonds. The number of furan rings is 1. The topological polar surface area (TPSA) is 45.4 Å². The second-order valence-corrected chi connectivity index (χ2v) is 6.00. The summed E-state index contributed by atoms with van der Waals surface area (Å²) in [6.07, 6.45) is 1.98. The van der Waals surface area contributed by atoms with Gasteiger partial charge in [0.25, 0.3) is 0 Å². The Bertz CT molecular complexity index is 563. The van der Waals surface area contributed by atoms with E-state index in [4.69, 9.17) is 9.52 Å². The van der Waals surface area contributed by atoms with E-state index in [1.54, 1.807) is 6.07 Å². The van der Waals surface area contributed by atoms with Gasteiger partial charge in [-0.3, -0.25) is 0 Å². The van der Waals surface area contributed by atoms with E-state index >= 15 is 0 Å². The summed E-state index contributed by atoms with van der Waals surface area (Å²) >= 11 is 0. The number of halogens is 1. The number of aliphatic hydroxyl groups excluding tert-OH is 1. The van der Waals surface area contributed by atoms with E-state index < -0.39 is 0 Å². The molecule has 3 nitrogen and oxygen atoms in total. The molecule has 0 atom stereocenters. The van der Waals surface area contributed by atoms with Crippen molar-refractivity contribution in [3.63, 3.8) is 0 Å². The van der Waals surface area contributed by atoms with E-state index in [0.717, 1.165) is 30.5 Å². The van der Waals surface area contributed by atoms with Crippen molar-refractivity contribution in [2.75, 3.05) is 13.2 Å². The Hall–Kier alpha value is -1.39. The Morgan fingerprint density at radius 3 is 2.85 bits per heavy atom. The Balaban J connectivity index is 1.78. The first-order valence-corrected chi connectivity index (χ1v) is 7.00. The van der Waals surface area contributed by atoms with Crippen molar-refractivity contribution in [3.05, 3.63) is 35.8 Å². The SMILES string of the molecule is CC(C)(CO)CCCNCc1cc2cc(F)ccc2o1.